The van der Waals surface area contributed by atoms with Crippen molar-refractivity contribution < 1.29 is 24.2 Å². The zero-order valence-corrected chi connectivity index (χ0v) is 12.8. The molecule has 1 aliphatic rings. The lowest BCUT2D eigenvalue weighted by molar-refractivity contribution is -0.142. The Balaban J connectivity index is 2.76. The third-order valence-corrected chi connectivity index (χ3v) is 3.29. The molecule has 6 heteroatoms. The van der Waals surface area contributed by atoms with Crippen molar-refractivity contribution in [3.63, 3.8) is 0 Å². The summed E-state index contributed by atoms with van der Waals surface area (Å²) in [6.07, 6.45) is 1.12. The number of methoxy groups -OCH3 is 1. The summed E-state index contributed by atoms with van der Waals surface area (Å²) in [5, 5.41) is 9.08. The predicted molar refractivity (Wildman–Crippen MR) is 73.6 cm³/mol. The van der Waals surface area contributed by atoms with Crippen molar-refractivity contribution in [1.29, 1.82) is 0 Å². The molecule has 1 rings (SSSR count). The second-order valence-electron chi connectivity index (χ2n) is 6.51. The van der Waals surface area contributed by atoms with Gasteiger partial charge in [-0.2, -0.15) is 0 Å². The van der Waals surface area contributed by atoms with Crippen LogP contribution in [0.4, 0.5) is 4.79 Å². The Morgan fingerprint density at radius 3 is 2.50 bits per heavy atom. The summed E-state index contributed by atoms with van der Waals surface area (Å²) in [7, 11) is 1.55. The number of ether oxygens (including phenoxy) is 2. The summed E-state index contributed by atoms with van der Waals surface area (Å²) in [5.74, 6) is -0.868. The van der Waals surface area contributed by atoms with Gasteiger partial charge in [-0.25, -0.2) is 4.79 Å². The van der Waals surface area contributed by atoms with E-state index in [2.05, 4.69) is 0 Å². The lowest BCUT2D eigenvalue weighted by Gasteiger charge is -2.41. The smallest absolute Gasteiger partial charge is 0.410 e. The third kappa shape index (κ3) is 5.00. The van der Waals surface area contributed by atoms with Gasteiger partial charge in [0.25, 0.3) is 0 Å². The number of aliphatic carboxylic acids is 1. The molecule has 1 fully saturated rings. The van der Waals surface area contributed by atoms with Crippen LogP contribution >= 0.6 is 0 Å². The van der Waals surface area contributed by atoms with E-state index in [9.17, 15) is 9.59 Å². The molecule has 20 heavy (non-hydrogen) atoms. The Hall–Kier alpha value is -1.30. The molecule has 116 valence electrons. The number of carbonyl (C=O) groups excluding carboxylic acids is 1. The zero-order chi connectivity index (χ0) is 15.4. The fourth-order valence-corrected chi connectivity index (χ4v) is 2.63. The summed E-state index contributed by atoms with van der Waals surface area (Å²) in [5.41, 5.74) is -1.07. The van der Waals surface area contributed by atoms with E-state index in [0.717, 1.165) is 12.8 Å². The average molecular weight is 287 g/mol. The Morgan fingerprint density at radius 1 is 1.35 bits per heavy atom. The Morgan fingerprint density at radius 2 is 2.00 bits per heavy atom. The number of rotatable bonds is 4. The maximum absolute atomic E-state index is 12.1. The van der Waals surface area contributed by atoms with Crippen LogP contribution in [0.3, 0.4) is 0 Å². The molecule has 1 saturated heterocycles. The average Bonchev–Trinajstić information content (AvgIpc) is 2.26. The quantitative estimate of drug-likeness (QED) is 0.857. The van der Waals surface area contributed by atoms with Gasteiger partial charge >= 0.3 is 12.1 Å². The van der Waals surface area contributed by atoms with E-state index in [1.165, 1.54) is 0 Å². The fourth-order valence-electron chi connectivity index (χ4n) is 2.63. The van der Waals surface area contributed by atoms with E-state index in [-0.39, 0.29) is 12.5 Å². The molecule has 0 spiro atoms. The first kappa shape index (κ1) is 16.8. The van der Waals surface area contributed by atoms with Crippen molar-refractivity contribution in [3.05, 3.63) is 0 Å². The van der Waals surface area contributed by atoms with Crippen LogP contribution in [0, 0.1) is 5.41 Å². The first-order valence-electron chi connectivity index (χ1n) is 6.86. The molecule has 0 aromatic rings. The van der Waals surface area contributed by atoms with Crippen molar-refractivity contribution >= 4 is 12.1 Å². The van der Waals surface area contributed by atoms with E-state index in [4.69, 9.17) is 14.6 Å². The van der Waals surface area contributed by atoms with Crippen LogP contribution in [-0.2, 0) is 14.3 Å². The Bertz CT molecular complexity index is 359. The van der Waals surface area contributed by atoms with E-state index < -0.39 is 17.0 Å². The SMILES string of the molecule is COCC1(CC(=O)O)CCCN(C(=O)OC(C)(C)C)C1. The number of piperidine rings is 1. The van der Waals surface area contributed by atoms with Crippen LogP contribution < -0.4 is 0 Å². The van der Waals surface area contributed by atoms with Gasteiger partial charge in [0.2, 0.25) is 0 Å². The molecule has 1 aliphatic heterocycles. The largest absolute Gasteiger partial charge is 0.481 e. The van der Waals surface area contributed by atoms with Gasteiger partial charge < -0.3 is 19.5 Å². The maximum atomic E-state index is 12.1. The highest BCUT2D eigenvalue weighted by Crippen LogP contribution is 2.34. The highest BCUT2D eigenvalue weighted by Gasteiger charge is 2.40. The topological polar surface area (TPSA) is 76.1 Å². The van der Waals surface area contributed by atoms with Crippen LogP contribution in [0.2, 0.25) is 0 Å². The monoisotopic (exact) mass is 287 g/mol. The zero-order valence-electron chi connectivity index (χ0n) is 12.8. The van der Waals surface area contributed by atoms with E-state index in [1.54, 1.807) is 12.0 Å². The van der Waals surface area contributed by atoms with Crippen LogP contribution in [0.1, 0.15) is 40.0 Å². The lowest BCUT2D eigenvalue weighted by atomic mass is 9.78. The van der Waals surface area contributed by atoms with E-state index >= 15 is 0 Å². The predicted octanol–water partition coefficient (Wildman–Crippen LogP) is 2.12. The highest BCUT2D eigenvalue weighted by atomic mass is 16.6. The molecule has 0 radical (unpaired) electrons. The van der Waals surface area contributed by atoms with Crippen LogP contribution in [-0.4, -0.2) is 54.5 Å². The molecule has 6 nitrogen and oxygen atoms in total. The second-order valence-corrected chi connectivity index (χ2v) is 6.51. The summed E-state index contributed by atoms with van der Waals surface area (Å²) in [4.78, 5) is 24.8. The lowest BCUT2D eigenvalue weighted by Crippen LogP contribution is -2.50. The number of hydrogen-bond donors (Lipinski definition) is 1. The van der Waals surface area contributed by atoms with Crippen LogP contribution in [0.5, 0.6) is 0 Å². The minimum Gasteiger partial charge on any atom is -0.481 e. The third-order valence-electron chi connectivity index (χ3n) is 3.29. The van der Waals surface area contributed by atoms with Crippen molar-refractivity contribution in [2.75, 3.05) is 26.8 Å². The maximum Gasteiger partial charge on any atom is 0.410 e. The van der Waals surface area contributed by atoms with E-state index in [0.29, 0.717) is 19.7 Å². The number of carbonyl (C=O) groups is 2. The van der Waals surface area contributed by atoms with Gasteiger partial charge in [0.05, 0.1) is 13.0 Å². The molecule has 1 heterocycles. The molecule has 0 aromatic heterocycles. The number of carboxylic acids is 1. The Kier molecular flexibility index (Phi) is 5.39. The molecule has 0 aliphatic carbocycles. The van der Waals surface area contributed by atoms with Crippen LogP contribution in [0.15, 0.2) is 0 Å². The van der Waals surface area contributed by atoms with Gasteiger partial charge in [-0.3, -0.25) is 4.79 Å². The molecule has 1 atom stereocenters. The van der Waals surface area contributed by atoms with Crippen molar-refractivity contribution in [2.45, 2.75) is 45.6 Å². The normalized spacial score (nSPS) is 23.5. The molecule has 0 saturated carbocycles. The van der Waals surface area contributed by atoms with Gasteiger partial charge in [0.15, 0.2) is 0 Å². The van der Waals surface area contributed by atoms with Gasteiger partial charge in [0.1, 0.15) is 5.60 Å². The minimum absolute atomic E-state index is 0.000137. The number of hydrogen-bond acceptors (Lipinski definition) is 4. The number of amides is 1. The van der Waals surface area contributed by atoms with Crippen molar-refractivity contribution in [3.8, 4) is 0 Å². The highest BCUT2D eigenvalue weighted by molar-refractivity contribution is 5.70. The number of carboxylic acid groups (broad SMARTS) is 1. The standard InChI is InChI=1S/C14H25NO5/c1-13(2,3)20-12(18)15-7-5-6-14(9-15,10-19-4)8-11(16)17/h5-10H2,1-4H3,(H,16,17). The minimum atomic E-state index is -0.868. The summed E-state index contributed by atoms with van der Waals surface area (Å²) >= 11 is 0. The Labute approximate surface area is 120 Å². The second kappa shape index (κ2) is 6.43. The molecule has 0 aromatic carbocycles. The van der Waals surface area contributed by atoms with Crippen molar-refractivity contribution in [1.82, 2.24) is 4.90 Å². The van der Waals surface area contributed by atoms with Gasteiger partial charge in [0, 0.05) is 25.6 Å². The summed E-state index contributed by atoms with van der Waals surface area (Å²) in [6.45, 7) is 6.73. The number of likely N-dealkylation sites (tertiary alicyclic amines) is 1. The van der Waals surface area contributed by atoms with Gasteiger partial charge in [-0.05, 0) is 33.6 Å². The summed E-state index contributed by atoms with van der Waals surface area (Å²) < 4.78 is 10.5. The van der Waals surface area contributed by atoms with Gasteiger partial charge in [-0.1, -0.05) is 0 Å². The van der Waals surface area contributed by atoms with Crippen molar-refractivity contribution in [2.24, 2.45) is 5.41 Å². The molecule has 1 N–H and O–H groups in total. The summed E-state index contributed by atoms with van der Waals surface area (Å²) in [6, 6.07) is 0. The first-order valence-corrected chi connectivity index (χ1v) is 6.86. The van der Waals surface area contributed by atoms with Gasteiger partial charge in [-0.15, -0.1) is 0 Å². The first-order chi connectivity index (χ1) is 9.17. The number of nitrogens with zero attached hydrogens (tertiary/aromatic N) is 1. The molecular formula is C14H25NO5. The molecular weight excluding hydrogens is 262 g/mol. The fraction of sp³-hybridized carbons (Fsp3) is 0.857. The van der Waals surface area contributed by atoms with Crippen LogP contribution in [0.25, 0.3) is 0 Å². The molecule has 1 unspecified atom stereocenters. The molecule has 0 bridgehead atoms. The van der Waals surface area contributed by atoms with E-state index in [1.807, 2.05) is 20.8 Å². The molecule has 1 amide bonds.